The molecule has 0 aromatic heterocycles. The quantitative estimate of drug-likeness (QED) is 0.317. The SMILES string of the molecule is CN(C)C1(CN=C(NN)NC2CCCCC2)CCCC1. The third-order valence-corrected chi connectivity index (χ3v) is 5.10. The summed E-state index contributed by atoms with van der Waals surface area (Å²) in [4.78, 5) is 7.08. The van der Waals surface area contributed by atoms with Crippen LogP contribution in [0.2, 0.25) is 0 Å². The highest BCUT2D eigenvalue weighted by Gasteiger charge is 2.35. The minimum atomic E-state index is 0.232. The van der Waals surface area contributed by atoms with Crippen molar-refractivity contribution in [2.24, 2.45) is 10.8 Å². The summed E-state index contributed by atoms with van der Waals surface area (Å²) in [6.07, 6.45) is 11.6. The number of guanidine groups is 1. The Morgan fingerprint density at radius 3 is 2.35 bits per heavy atom. The maximum atomic E-state index is 5.64. The smallest absolute Gasteiger partial charge is 0.206 e. The Balaban J connectivity index is 1.92. The minimum Gasteiger partial charge on any atom is -0.353 e. The van der Waals surface area contributed by atoms with Crippen molar-refractivity contribution >= 4 is 5.96 Å². The van der Waals surface area contributed by atoms with Crippen LogP contribution in [0.4, 0.5) is 0 Å². The second-order valence-corrected chi connectivity index (χ2v) is 6.61. The van der Waals surface area contributed by atoms with Gasteiger partial charge in [0.25, 0.3) is 0 Å². The third-order valence-electron chi connectivity index (χ3n) is 5.10. The van der Waals surface area contributed by atoms with E-state index in [1.165, 1.54) is 57.8 Å². The normalized spacial score (nSPS) is 24.1. The van der Waals surface area contributed by atoms with Gasteiger partial charge >= 0.3 is 0 Å². The van der Waals surface area contributed by atoms with Gasteiger partial charge in [-0.1, -0.05) is 32.1 Å². The maximum Gasteiger partial charge on any atom is 0.206 e. The number of hydrazine groups is 1. The predicted molar refractivity (Wildman–Crippen MR) is 84.5 cm³/mol. The molecule has 2 rings (SSSR count). The zero-order valence-electron chi connectivity index (χ0n) is 13.1. The first-order valence-electron chi connectivity index (χ1n) is 8.11. The molecule has 0 aliphatic heterocycles. The van der Waals surface area contributed by atoms with Crippen LogP contribution >= 0.6 is 0 Å². The molecule has 0 radical (unpaired) electrons. The highest BCUT2D eigenvalue weighted by molar-refractivity contribution is 5.79. The molecule has 0 bridgehead atoms. The molecule has 4 N–H and O–H groups in total. The molecule has 0 spiro atoms. The molecule has 20 heavy (non-hydrogen) atoms. The number of rotatable bonds is 4. The summed E-state index contributed by atoms with van der Waals surface area (Å²) in [6.45, 7) is 0.833. The summed E-state index contributed by atoms with van der Waals surface area (Å²) in [5, 5.41) is 3.48. The van der Waals surface area contributed by atoms with Crippen LogP contribution in [-0.2, 0) is 0 Å². The van der Waals surface area contributed by atoms with Gasteiger partial charge in [-0.05, 0) is 39.8 Å². The van der Waals surface area contributed by atoms with E-state index in [4.69, 9.17) is 10.8 Å². The van der Waals surface area contributed by atoms with E-state index in [1.807, 2.05) is 0 Å². The van der Waals surface area contributed by atoms with Gasteiger partial charge in [0.1, 0.15) is 0 Å². The summed E-state index contributed by atoms with van der Waals surface area (Å²) in [7, 11) is 4.34. The van der Waals surface area contributed by atoms with Gasteiger partial charge in [-0.2, -0.15) is 0 Å². The summed E-state index contributed by atoms with van der Waals surface area (Å²) < 4.78 is 0. The molecule has 2 saturated carbocycles. The summed E-state index contributed by atoms with van der Waals surface area (Å²) >= 11 is 0. The van der Waals surface area contributed by atoms with Gasteiger partial charge in [-0.3, -0.25) is 10.4 Å². The van der Waals surface area contributed by atoms with Crippen LogP contribution in [-0.4, -0.2) is 43.1 Å². The summed E-state index contributed by atoms with van der Waals surface area (Å²) in [5.74, 6) is 6.41. The molecule has 116 valence electrons. The van der Waals surface area contributed by atoms with Gasteiger partial charge in [-0.25, -0.2) is 5.84 Å². The first kappa shape index (κ1) is 15.6. The van der Waals surface area contributed by atoms with Gasteiger partial charge in [0.2, 0.25) is 5.96 Å². The van der Waals surface area contributed by atoms with Crippen molar-refractivity contribution < 1.29 is 0 Å². The average Bonchev–Trinajstić information content (AvgIpc) is 2.95. The number of aliphatic imine (C=N–C) groups is 1. The lowest BCUT2D eigenvalue weighted by atomic mass is 9.95. The molecule has 0 saturated heterocycles. The minimum absolute atomic E-state index is 0.232. The van der Waals surface area contributed by atoms with Crippen LogP contribution in [0.15, 0.2) is 4.99 Å². The Morgan fingerprint density at radius 2 is 1.80 bits per heavy atom. The lowest BCUT2D eigenvalue weighted by Crippen LogP contribution is -2.49. The summed E-state index contributed by atoms with van der Waals surface area (Å²) in [5.41, 5.74) is 2.98. The van der Waals surface area contributed by atoms with E-state index in [0.29, 0.717) is 6.04 Å². The van der Waals surface area contributed by atoms with E-state index in [-0.39, 0.29) is 5.54 Å². The number of hydrogen-bond donors (Lipinski definition) is 3. The van der Waals surface area contributed by atoms with Crippen molar-refractivity contribution in [2.45, 2.75) is 69.4 Å². The first-order chi connectivity index (χ1) is 9.66. The topological polar surface area (TPSA) is 65.7 Å². The standard InChI is InChI=1S/C15H31N5/c1-20(2)15(10-6-7-11-15)12-17-14(19-16)18-13-8-4-3-5-9-13/h13H,3-12,16H2,1-2H3,(H2,17,18,19). The molecule has 0 heterocycles. The third kappa shape index (κ3) is 3.85. The molecular formula is C15H31N5. The fourth-order valence-electron chi connectivity index (χ4n) is 3.58. The predicted octanol–water partition coefficient (Wildman–Crippen LogP) is 1.60. The van der Waals surface area contributed by atoms with Crippen molar-refractivity contribution in [1.82, 2.24) is 15.6 Å². The van der Waals surface area contributed by atoms with Crippen LogP contribution < -0.4 is 16.6 Å². The number of nitrogens with one attached hydrogen (secondary N) is 2. The van der Waals surface area contributed by atoms with Crippen molar-refractivity contribution in [3.8, 4) is 0 Å². The molecule has 0 atom stereocenters. The molecule has 2 fully saturated rings. The highest BCUT2D eigenvalue weighted by atomic mass is 15.3. The lowest BCUT2D eigenvalue weighted by molar-refractivity contribution is 0.167. The molecule has 0 amide bonds. The number of likely N-dealkylation sites (N-methyl/N-ethyl adjacent to an activating group) is 1. The molecule has 0 aromatic rings. The number of nitrogens with zero attached hydrogens (tertiary/aromatic N) is 2. The fourth-order valence-corrected chi connectivity index (χ4v) is 3.58. The van der Waals surface area contributed by atoms with Crippen LogP contribution in [0, 0.1) is 0 Å². The first-order valence-corrected chi connectivity index (χ1v) is 8.11. The van der Waals surface area contributed by atoms with Crippen molar-refractivity contribution in [3.05, 3.63) is 0 Å². The zero-order valence-corrected chi connectivity index (χ0v) is 13.1. The van der Waals surface area contributed by atoms with E-state index >= 15 is 0 Å². The van der Waals surface area contributed by atoms with Crippen molar-refractivity contribution in [3.63, 3.8) is 0 Å². The molecule has 2 aliphatic rings. The monoisotopic (exact) mass is 281 g/mol. The largest absolute Gasteiger partial charge is 0.353 e. The average molecular weight is 281 g/mol. The zero-order chi connectivity index (χ0) is 14.4. The Morgan fingerprint density at radius 1 is 1.15 bits per heavy atom. The second-order valence-electron chi connectivity index (χ2n) is 6.61. The van der Waals surface area contributed by atoms with Crippen LogP contribution in [0.1, 0.15) is 57.8 Å². The number of nitrogens with two attached hydrogens (primary N) is 1. The molecular weight excluding hydrogens is 250 g/mol. The number of hydrogen-bond acceptors (Lipinski definition) is 3. The van der Waals surface area contributed by atoms with Crippen LogP contribution in [0.5, 0.6) is 0 Å². The van der Waals surface area contributed by atoms with Gasteiger partial charge in [-0.15, -0.1) is 0 Å². The molecule has 0 aromatic carbocycles. The lowest BCUT2D eigenvalue weighted by Gasteiger charge is -2.35. The van der Waals surface area contributed by atoms with Crippen molar-refractivity contribution in [2.75, 3.05) is 20.6 Å². The van der Waals surface area contributed by atoms with Gasteiger partial charge in [0, 0.05) is 11.6 Å². The Kier molecular flexibility index (Phi) is 5.66. The molecule has 0 unspecified atom stereocenters. The van der Waals surface area contributed by atoms with E-state index in [0.717, 1.165) is 12.5 Å². The summed E-state index contributed by atoms with van der Waals surface area (Å²) in [6, 6.07) is 0.539. The van der Waals surface area contributed by atoms with E-state index < -0.39 is 0 Å². The van der Waals surface area contributed by atoms with Crippen molar-refractivity contribution in [1.29, 1.82) is 0 Å². The second kappa shape index (κ2) is 7.27. The fraction of sp³-hybridized carbons (Fsp3) is 0.933. The molecule has 2 aliphatic carbocycles. The van der Waals surface area contributed by atoms with E-state index in [1.54, 1.807) is 0 Å². The highest BCUT2D eigenvalue weighted by Crippen LogP contribution is 2.33. The van der Waals surface area contributed by atoms with Crippen LogP contribution in [0.3, 0.4) is 0 Å². The van der Waals surface area contributed by atoms with E-state index in [2.05, 4.69) is 29.7 Å². The van der Waals surface area contributed by atoms with Gasteiger partial charge < -0.3 is 10.2 Å². The Bertz CT molecular complexity index is 314. The maximum absolute atomic E-state index is 5.64. The molecule has 5 heteroatoms. The Labute approximate surface area is 123 Å². The van der Waals surface area contributed by atoms with Gasteiger partial charge in [0.15, 0.2) is 0 Å². The van der Waals surface area contributed by atoms with E-state index in [9.17, 15) is 0 Å². The van der Waals surface area contributed by atoms with Gasteiger partial charge in [0.05, 0.1) is 6.54 Å². The van der Waals surface area contributed by atoms with Crippen LogP contribution in [0.25, 0.3) is 0 Å². The molecule has 5 nitrogen and oxygen atoms in total. The Hall–Kier alpha value is -0.810.